The van der Waals surface area contributed by atoms with Crippen molar-refractivity contribution in [3.05, 3.63) is 0 Å². The van der Waals surface area contributed by atoms with Crippen molar-refractivity contribution in [1.29, 1.82) is 0 Å². The zero-order chi connectivity index (χ0) is 11.4. The number of hydrogen-bond donors (Lipinski definition) is 2. The average Bonchev–Trinajstić information content (AvgIpc) is 2.13. The molecule has 0 aromatic heterocycles. The summed E-state index contributed by atoms with van der Waals surface area (Å²) in [5.41, 5.74) is 0. The van der Waals surface area contributed by atoms with E-state index in [-0.39, 0.29) is 6.10 Å². The molecule has 15 heavy (non-hydrogen) atoms. The number of hydrogen-bond acceptors (Lipinski definition) is 3. The molecule has 0 saturated carbocycles. The molecule has 3 nitrogen and oxygen atoms in total. The molecule has 1 fully saturated rings. The molecule has 0 aromatic carbocycles. The van der Waals surface area contributed by atoms with Crippen molar-refractivity contribution in [1.82, 2.24) is 10.2 Å². The predicted molar refractivity (Wildman–Crippen MR) is 64.0 cm³/mol. The van der Waals surface area contributed by atoms with Crippen LogP contribution in [0, 0.1) is 5.92 Å². The van der Waals surface area contributed by atoms with Gasteiger partial charge >= 0.3 is 0 Å². The van der Waals surface area contributed by atoms with Crippen molar-refractivity contribution < 1.29 is 5.11 Å². The first-order valence-corrected chi connectivity index (χ1v) is 6.12. The molecule has 3 heteroatoms. The smallest absolute Gasteiger partial charge is 0.0524 e. The van der Waals surface area contributed by atoms with Gasteiger partial charge in [0, 0.05) is 18.6 Å². The minimum atomic E-state index is -0.184. The number of piperidine rings is 1. The van der Waals surface area contributed by atoms with E-state index in [4.69, 9.17) is 0 Å². The largest absolute Gasteiger partial charge is 0.393 e. The lowest BCUT2D eigenvalue weighted by Crippen LogP contribution is -2.51. The van der Waals surface area contributed by atoms with E-state index in [0.29, 0.717) is 18.0 Å². The molecule has 1 rings (SSSR count). The van der Waals surface area contributed by atoms with E-state index in [2.05, 4.69) is 31.1 Å². The SMILES string of the molecule is C[C@@H]1CN(C)[C@H](C)C[C@@H]1NCC[C@@H](C)O. The third-order valence-electron chi connectivity index (χ3n) is 3.58. The predicted octanol–water partition coefficient (Wildman–Crippen LogP) is 1.08. The van der Waals surface area contributed by atoms with Crippen molar-refractivity contribution in [3.8, 4) is 0 Å². The fraction of sp³-hybridized carbons (Fsp3) is 1.00. The van der Waals surface area contributed by atoms with Crippen LogP contribution in [0.4, 0.5) is 0 Å². The Morgan fingerprint density at radius 1 is 1.47 bits per heavy atom. The Balaban J connectivity index is 2.28. The topological polar surface area (TPSA) is 35.5 Å². The van der Waals surface area contributed by atoms with Gasteiger partial charge in [-0.2, -0.15) is 0 Å². The highest BCUT2D eigenvalue weighted by Crippen LogP contribution is 2.20. The molecule has 0 spiro atoms. The van der Waals surface area contributed by atoms with Gasteiger partial charge in [0.25, 0.3) is 0 Å². The summed E-state index contributed by atoms with van der Waals surface area (Å²) in [6, 6.07) is 1.29. The van der Waals surface area contributed by atoms with Gasteiger partial charge < -0.3 is 15.3 Å². The number of likely N-dealkylation sites (tertiary alicyclic amines) is 1. The molecule has 0 amide bonds. The molecule has 4 atom stereocenters. The van der Waals surface area contributed by atoms with E-state index in [1.807, 2.05) is 6.92 Å². The Labute approximate surface area is 93.9 Å². The zero-order valence-electron chi connectivity index (χ0n) is 10.5. The summed E-state index contributed by atoms with van der Waals surface area (Å²) in [5.74, 6) is 0.709. The monoisotopic (exact) mass is 214 g/mol. The van der Waals surface area contributed by atoms with Crippen molar-refractivity contribution >= 4 is 0 Å². The molecule has 1 aliphatic heterocycles. The summed E-state index contributed by atoms with van der Waals surface area (Å²) in [7, 11) is 2.20. The van der Waals surface area contributed by atoms with Gasteiger partial charge in [-0.15, -0.1) is 0 Å². The van der Waals surface area contributed by atoms with Crippen LogP contribution >= 0.6 is 0 Å². The lowest BCUT2D eigenvalue weighted by atomic mass is 9.90. The Morgan fingerprint density at radius 2 is 2.13 bits per heavy atom. The van der Waals surface area contributed by atoms with E-state index in [9.17, 15) is 5.11 Å². The van der Waals surface area contributed by atoms with Gasteiger partial charge in [0.1, 0.15) is 0 Å². The Bertz CT molecular complexity index is 184. The Morgan fingerprint density at radius 3 is 2.73 bits per heavy atom. The average molecular weight is 214 g/mol. The van der Waals surface area contributed by atoms with E-state index in [1.165, 1.54) is 13.0 Å². The first-order valence-electron chi connectivity index (χ1n) is 6.12. The van der Waals surface area contributed by atoms with Gasteiger partial charge in [-0.25, -0.2) is 0 Å². The molecule has 1 saturated heterocycles. The third-order valence-corrected chi connectivity index (χ3v) is 3.58. The highest BCUT2D eigenvalue weighted by atomic mass is 16.3. The second-order valence-corrected chi connectivity index (χ2v) is 5.20. The number of nitrogens with one attached hydrogen (secondary N) is 1. The van der Waals surface area contributed by atoms with Crippen LogP contribution in [0.25, 0.3) is 0 Å². The van der Waals surface area contributed by atoms with E-state index < -0.39 is 0 Å². The van der Waals surface area contributed by atoms with Crippen LogP contribution in [0.1, 0.15) is 33.6 Å². The van der Waals surface area contributed by atoms with Gasteiger partial charge in [0.05, 0.1) is 6.10 Å². The first-order chi connectivity index (χ1) is 7.00. The molecule has 0 unspecified atom stereocenters. The summed E-state index contributed by atoms with van der Waals surface area (Å²) in [5, 5.41) is 12.8. The molecular weight excluding hydrogens is 188 g/mol. The lowest BCUT2D eigenvalue weighted by molar-refractivity contribution is 0.117. The van der Waals surface area contributed by atoms with Crippen LogP contribution in [0.15, 0.2) is 0 Å². The summed E-state index contributed by atoms with van der Waals surface area (Å²) in [6.45, 7) is 8.55. The van der Waals surface area contributed by atoms with Crippen LogP contribution in [0.3, 0.4) is 0 Å². The highest BCUT2D eigenvalue weighted by Gasteiger charge is 2.28. The number of rotatable bonds is 4. The maximum absolute atomic E-state index is 9.19. The number of aliphatic hydroxyl groups is 1. The van der Waals surface area contributed by atoms with Crippen LogP contribution in [0.2, 0.25) is 0 Å². The standard InChI is InChI=1S/C12H26N2O/c1-9-8-14(4)10(2)7-12(9)13-6-5-11(3)15/h9-13,15H,5-8H2,1-4H3/t9-,10-,11-,12+/m1/s1. The van der Waals surface area contributed by atoms with Gasteiger partial charge in [0.15, 0.2) is 0 Å². The van der Waals surface area contributed by atoms with Gasteiger partial charge in [-0.3, -0.25) is 0 Å². The van der Waals surface area contributed by atoms with Crippen molar-refractivity contribution in [2.75, 3.05) is 20.1 Å². The fourth-order valence-corrected chi connectivity index (χ4v) is 2.30. The molecular formula is C12H26N2O. The molecule has 1 heterocycles. The molecule has 0 bridgehead atoms. The number of nitrogens with zero attached hydrogens (tertiary/aromatic N) is 1. The van der Waals surface area contributed by atoms with Crippen LogP contribution < -0.4 is 5.32 Å². The summed E-state index contributed by atoms with van der Waals surface area (Å²) >= 11 is 0. The minimum absolute atomic E-state index is 0.184. The summed E-state index contributed by atoms with van der Waals surface area (Å²) < 4.78 is 0. The van der Waals surface area contributed by atoms with E-state index in [1.54, 1.807) is 0 Å². The van der Waals surface area contributed by atoms with Crippen LogP contribution in [-0.4, -0.2) is 48.3 Å². The second kappa shape index (κ2) is 5.83. The van der Waals surface area contributed by atoms with Crippen molar-refractivity contribution in [2.45, 2.75) is 51.8 Å². The molecule has 90 valence electrons. The van der Waals surface area contributed by atoms with Gasteiger partial charge in [-0.1, -0.05) is 6.92 Å². The summed E-state index contributed by atoms with van der Waals surface area (Å²) in [6.07, 6.45) is 1.89. The van der Waals surface area contributed by atoms with Crippen molar-refractivity contribution in [3.63, 3.8) is 0 Å². The highest BCUT2D eigenvalue weighted by molar-refractivity contribution is 4.85. The van der Waals surface area contributed by atoms with E-state index >= 15 is 0 Å². The maximum Gasteiger partial charge on any atom is 0.0524 e. The van der Waals surface area contributed by atoms with Crippen LogP contribution in [0.5, 0.6) is 0 Å². The molecule has 1 aliphatic rings. The second-order valence-electron chi connectivity index (χ2n) is 5.20. The minimum Gasteiger partial charge on any atom is -0.393 e. The Hall–Kier alpha value is -0.120. The van der Waals surface area contributed by atoms with Gasteiger partial charge in [-0.05, 0) is 46.2 Å². The summed E-state index contributed by atoms with van der Waals surface area (Å²) in [4.78, 5) is 2.43. The quantitative estimate of drug-likeness (QED) is 0.735. The molecule has 0 aliphatic carbocycles. The van der Waals surface area contributed by atoms with Gasteiger partial charge in [0.2, 0.25) is 0 Å². The Kier molecular flexibility index (Phi) is 5.03. The van der Waals surface area contributed by atoms with Crippen LogP contribution in [-0.2, 0) is 0 Å². The van der Waals surface area contributed by atoms with Crippen molar-refractivity contribution in [2.24, 2.45) is 5.92 Å². The normalized spacial score (nSPS) is 35.4. The lowest BCUT2D eigenvalue weighted by Gasteiger charge is -2.40. The zero-order valence-corrected chi connectivity index (χ0v) is 10.5. The molecule has 0 radical (unpaired) electrons. The first kappa shape index (κ1) is 12.9. The van der Waals surface area contributed by atoms with E-state index in [0.717, 1.165) is 13.0 Å². The maximum atomic E-state index is 9.19. The fourth-order valence-electron chi connectivity index (χ4n) is 2.30. The third kappa shape index (κ3) is 4.09. The molecule has 2 N–H and O–H groups in total. The molecule has 0 aromatic rings. The number of aliphatic hydroxyl groups excluding tert-OH is 1.